The Balaban J connectivity index is 2.04. The first-order chi connectivity index (χ1) is 7.29. The Hall–Kier alpha value is -1.02. The molecular formula is C13H19NO. The Labute approximate surface area is 91.6 Å². The van der Waals surface area contributed by atoms with Gasteiger partial charge in [0, 0.05) is 0 Å². The van der Waals surface area contributed by atoms with Gasteiger partial charge in [0.15, 0.2) is 0 Å². The fourth-order valence-corrected chi connectivity index (χ4v) is 1.96. The van der Waals surface area contributed by atoms with Crippen LogP contribution in [0.4, 0.5) is 0 Å². The molecule has 1 aromatic rings. The number of benzene rings is 1. The van der Waals surface area contributed by atoms with Crippen LogP contribution in [0.3, 0.4) is 0 Å². The predicted octanol–water partition coefficient (Wildman–Crippen LogP) is 2.16. The maximum Gasteiger partial charge on any atom is 0.119 e. The lowest BCUT2D eigenvalue weighted by atomic mass is 9.92. The van der Waals surface area contributed by atoms with Gasteiger partial charge in [-0.05, 0) is 62.5 Å². The molecule has 0 unspecified atom stereocenters. The highest BCUT2D eigenvalue weighted by Gasteiger charge is 2.17. The zero-order valence-corrected chi connectivity index (χ0v) is 9.55. The Morgan fingerprint density at radius 1 is 1.40 bits per heavy atom. The summed E-state index contributed by atoms with van der Waals surface area (Å²) in [6.45, 7) is 7.28. The van der Waals surface area contributed by atoms with Crippen LogP contribution in [-0.4, -0.2) is 19.7 Å². The van der Waals surface area contributed by atoms with Crippen molar-refractivity contribution in [3.63, 3.8) is 0 Å². The van der Waals surface area contributed by atoms with Crippen molar-refractivity contribution in [1.29, 1.82) is 0 Å². The third kappa shape index (κ3) is 2.51. The largest absolute Gasteiger partial charge is 0.494 e. The van der Waals surface area contributed by atoms with Crippen molar-refractivity contribution >= 4 is 0 Å². The van der Waals surface area contributed by atoms with Crippen LogP contribution in [0.25, 0.3) is 0 Å². The van der Waals surface area contributed by atoms with E-state index >= 15 is 0 Å². The summed E-state index contributed by atoms with van der Waals surface area (Å²) < 4.78 is 5.47. The minimum atomic E-state index is 0.741. The summed E-state index contributed by atoms with van der Waals surface area (Å²) in [6, 6.07) is 6.43. The van der Waals surface area contributed by atoms with Crippen LogP contribution in [0.5, 0.6) is 5.75 Å². The monoisotopic (exact) mass is 205 g/mol. The van der Waals surface area contributed by atoms with Crippen LogP contribution in [0.1, 0.15) is 18.1 Å². The SMILES string of the molecule is CCOc1ccc(CC2CNC2)c(C)c1. The fourth-order valence-electron chi connectivity index (χ4n) is 1.96. The van der Waals surface area contributed by atoms with Crippen molar-refractivity contribution in [3.05, 3.63) is 29.3 Å². The summed E-state index contributed by atoms with van der Waals surface area (Å²) in [5.74, 6) is 1.83. The van der Waals surface area contributed by atoms with Gasteiger partial charge in [-0.2, -0.15) is 0 Å². The molecule has 0 radical (unpaired) electrons. The number of hydrogen-bond donors (Lipinski definition) is 1. The third-order valence-electron chi connectivity index (χ3n) is 3.00. The summed E-state index contributed by atoms with van der Waals surface area (Å²) in [4.78, 5) is 0. The van der Waals surface area contributed by atoms with Gasteiger partial charge < -0.3 is 10.1 Å². The number of rotatable bonds is 4. The molecule has 0 bridgehead atoms. The van der Waals surface area contributed by atoms with Crippen molar-refractivity contribution in [3.8, 4) is 5.75 Å². The highest BCUT2D eigenvalue weighted by molar-refractivity contribution is 5.35. The maximum atomic E-state index is 5.47. The van der Waals surface area contributed by atoms with E-state index in [4.69, 9.17) is 4.74 Å². The molecule has 0 spiro atoms. The average Bonchev–Trinajstić information content (AvgIpc) is 2.14. The molecule has 0 amide bonds. The van der Waals surface area contributed by atoms with Crippen molar-refractivity contribution in [2.45, 2.75) is 20.3 Å². The van der Waals surface area contributed by atoms with Gasteiger partial charge in [0.25, 0.3) is 0 Å². The maximum absolute atomic E-state index is 5.47. The molecule has 1 N–H and O–H groups in total. The lowest BCUT2D eigenvalue weighted by Gasteiger charge is -2.27. The van der Waals surface area contributed by atoms with Crippen LogP contribution in [-0.2, 0) is 6.42 Å². The van der Waals surface area contributed by atoms with Gasteiger partial charge in [-0.3, -0.25) is 0 Å². The van der Waals surface area contributed by atoms with Gasteiger partial charge in [0.2, 0.25) is 0 Å². The molecule has 0 saturated carbocycles. The Morgan fingerprint density at radius 3 is 2.73 bits per heavy atom. The van der Waals surface area contributed by atoms with Crippen LogP contribution < -0.4 is 10.1 Å². The molecule has 1 fully saturated rings. The molecule has 15 heavy (non-hydrogen) atoms. The quantitative estimate of drug-likeness (QED) is 0.813. The van der Waals surface area contributed by atoms with E-state index < -0.39 is 0 Å². The van der Waals surface area contributed by atoms with E-state index in [1.54, 1.807) is 0 Å². The molecule has 1 aromatic carbocycles. The van der Waals surface area contributed by atoms with Crippen molar-refractivity contribution in [2.24, 2.45) is 5.92 Å². The number of ether oxygens (including phenoxy) is 1. The van der Waals surface area contributed by atoms with Gasteiger partial charge in [-0.15, -0.1) is 0 Å². The zero-order valence-electron chi connectivity index (χ0n) is 9.55. The predicted molar refractivity (Wildman–Crippen MR) is 62.4 cm³/mol. The molecule has 0 aliphatic carbocycles. The second-order valence-electron chi connectivity index (χ2n) is 4.25. The van der Waals surface area contributed by atoms with Crippen molar-refractivity contribution < 1.29 is 4.74 Å². The van der Waals surface area contributed by atoms with Gasteiger partial charge in [0.1, 0.15) is 5.75 Å². The first-order valence-corrected chi connectivity index (χ1v) is 5.72. The Morgan fingerprint density at radius 2 is 2.20 bits per heavy atom. The summed E-state index contributed by atoms with van der Waals surface area (Å²) in [5, 5.41) is 3.31. The molecule has 1 heterocycles. The topological polar surface area (TPSA) is 21.3 Å². The standard InChI is InChI=1S/C13H19NO/c1-3-15-13-5-4-12(10(2)6-13)7-11-8-14-9-11/h4-6,11,14H,3,7-9H2,1-2H3. The van der Waals surface area contributed by atoms with E-state index in [-0.39, 0.29) is 0 Å². The van der Waals surface area contributed by atoms with Crippen LogP contribution >= 0.6 is 0 Å². The second kappa shape index (κ2) is 4.67. The van der Waals surface area contributed by atoms with E-state index in [0.717, 1.165) is 18.3 Å². The molecule has 2 nitrogen and oxygen atoms in total. The van der Waals surface area contributed by atoms with Crippen LogP contribution in [0.2, 0.25) is 0 Å². The van der Waals surface area contributed by atoms with E-state index in [1.165, 1.54) is 30.6 Å². The molecule has 1 aliphatic heterocycles. The van der Waals surface area contributed by atoms with Gasteiger partial charge in [0.05, 0.1) is 6.61 Å². The summed E-state index contributed by atoms with van der Waals surface area (Å²) >= 11 is 0. The Bertz CT molecular complexity index is 331. The smallest absolute Gasteiger partial charge is 0.119 e. The molecule has 1 aliphatic rings. The van der Waals surface area contributed by atoms with Crippen LogP contribution in [0, 0.1) is 12.8 Å². The summed E-state index contributed by atoms with van der Waals surface area (Å²) in [7, 11) is 0. The van der Waals surface area contributed by atoms with E-state index in [0.29, 0.717) is 0 Å². The second-order valence-corrected chi connectivity index (χ2v) is 4.25. The summed E-state index contributed by atoms with van der Waals surface area (Å²) in [6.07, 6.45) is 1.20. The molecule has 0 atom stereocenters. The van der Waals surface area contributed by atoms with Gasteiger partial charge >= 0.3 is 0 Å². The number of hydrogen-bond acceptors (Lipinski definition) is 2. The molecule has 2 heteroatoms. The normalized spacial score (nSPS) is 16.1. The van der Waals surface area contributed by atoms with Gasteiger partial charge in [-0.1, -0.05) is 6.07 Å². The van der Waals surface area contributed by atoms with Crippen LogP contribution in [0.15, 0.2) is 18.2 Å². The lowest BCUT2D eigenvalue weighted by Crippen LogP contribution is -2.43. The molecular weight excluding hydrogens is 186 g/mol. The lowest BCUT2D eigenvalue weighted by molar-refractivity contribution is 0.337. The highest BCUT2D eigenvalue weighted by atomic mass is 16.5. The Kier molecular flexibility index (Phi) is 3.27. The number of nitrogens with one attached hydrogen (secondary N) is 1. The van der Waals surface area contributed by atoms with E-state index in [2.05, 4.69) is 30.4 Å². The zero-order chi connectivity index (χ0) is 10.7. The van der Waals surface area contributed by atoms with Gasteiger partial charge in [-0.25, -0.2) is 0 Å². The third-order valence-corrected chi connectivity index (χ3v) is 3.00. The highest BCUT2D eigenvalue weighted by Crippen LogP contribution is 2.21. The molecule has 82 valence electrons. The summed E-state index contributed by atoms with van der Waals surface area (Å²) in [5.41, 5.74) is 2.82. The van der Waals surface area contributed by atoms with E-state index in [1.807, 2.05) is 6.92 Å². The first kappa shape index (κ1) is 10.5. The first-order valence-electron chi connectivity index (χ1n) is 5.72. The molecule has 0 aromatic heterocycles. The van der Waals surface area contributed by atoms with E-state index in [9.17, 15) is 0 Å². The molecule has 1 saturated heterocycles. The molecule has 2 rings (SSSR count). The van der Waals surface area contributed by atoms with Crippen molar-refractivity contribution in [1.82, 2.24) is 5.32 Å². The van der Waals surface area contributed by atoms with Crippen molar-refractivity contribution in [2.75, 3.05) is 19.7 Å². The average molecular weight is 205 g/mol. The minimum absolute atomic E-state index is 0.741. The minimum Gasteiger partial charge on any atom is -0.494 e. The number of aryl methyl sites for hydroxylation is 1. The fraction of sp³-hybridized carbons (Fsp3) is 0.538.